The molecule has 0 saturated heterocycles. The first kappa shape index (κ1) is 11.3. The first-order chi connectivity index (χ1) is 7.59. The zero-order valence-electron chi connectivity index (χ0n) is 9.05. The highest BCUT2D eigenvalue weighted by atomic mass is 32.2. The van der Waals surface area contributed by atoms with Crippen LogP contribution in [-0.4, -0.2) is 20.5 Å². The van der Waals surface area contributed by atoms with Crippen LogP contribution in [0.5, 0.6) is 0 Å². The summed E-state index contributed by atoms with van der Waals surface area (Å²) in [6, 6.07) is 7.47. The maximum Gasteiger partial charge on any atom is 0.303 e. The van der Waals surface area contributed by atoms with Gasteiger partial charge >= 0.3 is 5.97 Å². The average Bonchev–Trinajstić information content (AvgIpc) is 2.25. The smallest absolute Gasteiger partial charge is 0.303 e. The molecule has 0 spiro atoms. The van der Waals surface area contributed by atoms with Crippen LogP contribution >= 0.6 is 0 Å². The lowest BCUT2D eigenvalue weighted by molar-refractivity contribution is -0.137. The zero-order valence-corrected chi connectivity index (χ0v) is 9.87. The van der Waals surface area contributed by atoms with E-state index in [0.717, 1.165) is 10.5 Å². The molecule has 2 rings (SSSR count). The van der Waals surface area contributed by atoms with E-state index in [9.17, 15) is 9.00 Å². The topological polar surface area (TPSA) is 54.4 Å². The van der Waals surface area contributed by atoms with Crippen molar-refractivity contribution in [2.75, 3.05) is 0 Å². The first-order valence-electron chi connectivity index (χ1n) is 5.31. The van der Waals surface area contributed by atoms with Crippen LogP contribution < -0.4 is 0 Å². The summed E-state index contributed by atoms with van der Waals surface area (Å²) in [6.45, 7) is 1.92. The average molecular weight is 238 g/mol. The molecular weight excluding hydrogens is 224 g/mol. The Hall–Kier alpha value is -1.16. The third-order valence-corrected chi connectivity index (χ3v) is 4.71. The van der Waals surface area contributed by atoms with Gasteiger partial charge < -0.3 is 5.11 Å². The Balaban J connectivity index is 2.40. The van der Waals surface area contributed by atoms with E-state index in [4.69, 9.17) is 5.11 Å². The summed E-state index contributed by atoms with van der Waals surface area (Å²) in [5.74, 6) is -0.791. The molecule has 1 aromatic rings. The van der Waals surface area contributed by atoms with Gasteiger partial charge in [0.15, 0.2) is 0 Å². The van der Waals surface area contributed by atoms with Gasteiger partial charge in [0, 0.05) is 10.1 Å². The quantitative estimate of drug-likeness (QED) is 0.858. The van der Waals surface area contributed by atoms with Crippen LogP contribution in [0.15, 0.2) is 29.2 Å². The molecule has 0 radical (unpaired) electrons. The van der Waals surface area contributed by atoms with Crippen LogP contribution in [-0.2, 0) is 15.6 Å². The van der Waals surface area contributed by atoms with Crippen molar-refractivity contribution < 1.29 is 14.1 Å². The molecule has 1 aliphatic heterocycles. The maximum atomic E-state index is 12.0. The van der Waals surface area contributed by atoms with Gasteiger partial charge in [0.1, 0.15) is 0 Å². The van der Waals surface area contributed by atoms with Gasteiger partial charge in [-0.25, -0.2) is 0 Å². The van der Waals surface area contributed by atoms with E-state index in [1.54, 1.807) is 0 Å². The van der Waals surface area contributed by atoms with E-state index in [1.807, 2.05) is 31.2 Å². The third kappa shape index (κ3) is 2.02. The molecule has 0 amide bonds. The number of carboxylic acid groups (broad SMARTS) is 1. The van der Waals surface area contributed by atoms with Crippen molar-refractivity contribution in [1.82, 2.24) is 0 Å². The summed E-state index contributed by atoms with van der Waals surface area (Å²) in [6.07, 6.45) is 0.814. The molecule has 1 N–H and O–H groups in total. The minimum absolute atomic E-state index is 0.00130. The number of carbonyl (C=O) groups is 1. The Labute approximate surface area is 96.9 Å². The Morgan fingerprint density at radius 3 is 2.88 bits per heavy atom. The van der Waals surface area contributed by atoms with Gasteiger partial charge in [-0.05, 0) is 24.0 Å². The molecule has 0 bridgehead atoms. The molecule has 0 aromatic heterocycles. The number of hydrogen-bond acceptors (Lipinski definition) is 2. The fourth-order valence-electron chi connectivity index (χ4n) is 2.24. The van der Waals surface area contributed by atoms with Gasteiger partial charge in [-0.3, -0.25) is 9.00 Å². The van der Waals surface area contributed by atoms with E-state index in [2.05, 4.69) is 0 Å². The Morgan fingerprint density at radius 2 is 2.19 bits per heavy atom. The molecule has 86 valence electrons. The molecule has 4 heteroatoms. The summed E-state index contributed by atoms with van der Waals surface area (Å²) < 4.78 is 12.0. The van der Waals surface area contributed by atoms with E-state index in [-0.39, 0.29) is 17.6 Å². The normalized spacial score (nSPS) is 28.4. The number of fused-ring (bicyclic) bond motifs is 1. The van der Waals surface area contributed by atoms with Gasteiger partial charge in [-0.15, -0.1) is 0 Å². The van der Waals surface area contributed by atoms with Crippen LogP contribution in [0.4, 0.5) is 0 Å². The minimum Gasteiger partial charge on any atom is -0.481 e. The summed E-state index contributed by atoms with van der Waals surface area (Å²) in [5.41, 5.74) is 0.946. The second-order valence-electron chi connectivity index (χ2n) is 4.18. The zero-order chi connectivity index (χ0) is 11.7. The Bertz CT molecular complexity index is 442. The Morgan fingerprint density at radius 1 is 1.50 bits per heavy atom. The molecule has 3 nitrogen and oxygen atoms in total. The highest BCUT2D eigenvalue weighted by Crippen LogP contribution is 2.37. The van der Waals surface area contributed by atoms with Crippen molar-refractivity contribution in [3.8, 4) is 0 Å². The molecule has 3 unspecified atom stereocenters. The molecule has 1 heterocycles. The fourth-order valence-corrected chi connectivity index (χ4v) is 3.76. The second-order valence-corrected chi connectivity index (χ2v) is 6.02. The summed E-state index contributed by atoms with van der Waals surface area (Å²) in [7, 11) is -0.988. The van der Waals surface area contributed by atoms with Gasteiger partial charge in [0.05, 0.1) is 17.2 Å². The lowest BCUT2D eigenvalue weighted by Crippen LogP contribution is -2.24. The van der Waals surface area contributed by atoms with Crippen LogP contribution in [0, 0.1) is 0 Å². The second kappa shape index (κ2) is 4.37. The predicted octanol–water partition coefficient (Wildman–Crippen LogP) is 2.14. The van der Waals surface area contributed by atoms with Crippen molar-refractivity contribution in [1.29, 1.82) is 0 Å². The fraction of sp³-hybridized carbons (Fsp3) is 0.417. The molecule has 3 atom stereocenters. The van der Waals surface area contributed by atoms with Crippen LogP contribution in [0.2, 0.25) is 0 Å². The van der Waals surface area contributed by atoms with E-state index < -0.39 is 16.8 Å². The lowest BCUT2D eigenvalue weighted by atomic mass is 9.91. The largest absolute Gasteiger partial charge is 0.481 e. The molecule has 16 heavy (non-hydrogen) atoms. The van der Waals surface area contributed by atoms with Crippen molar-refractivity contribution >= 4 is 16.8 Å². The van der Waals surface area contributed by atoms with E-state index in [0.29, 0.717) is 6.42 Å². The summed E-state index contributed by atoms with van der Waals surface area (Å²) >= 11 is 0. The SMILES string of the molecule is CC1CC(CC(=O)O)c2ccccc2S1=O. The molecule has 0 saturated carbocycles. The van der Waals surface area contributed by atoms with Gasteiger partial charge in [0.2, 0.25) is 0 Å². The summed E-state index contributed by atoms with van der Waals surface area (Å²) in [4.78, 5) is 11.6. The number of rotatable bonds is 2. The Kier molecular flexibility index (Phi) is 3.10. The minimum atomic E-state index is -0.988. The monoisotopic (exact) mass is 238 g/mol. The van der Waals surface area contributed by atoms with Crippen molar-refractivity contribution in [2.24, 2.45) is 0 Å². The molecule has 0 fully saturated rings. The molecule has 1 aromatic carbocycles. The van der Waals surface area contributed by atoms with E-state index in [1.165, 1.54) is 0 Å². The van der Waals surface area contributed by atoms with Gasteiger partial charge in [0.25, 0.3) is 0 Å². The van der Waals surface area contributed by atoms with E-state index >= 15 is 0 Å². The number of benzene rings is 1. The van der Waals surface area contributed by atoms with Crippen molar-refractivity contribution in [2.45, 2.75) is 35.8 Å². The first-order valence-corrected chi connectivity index (χ1v) is 6.52. The highest BCUT2D eigenvalue weighted by molar-refractivity contribution is 7.85. The van der Waals surface area contributed by atoms with Gasteiger partial charge in [-0.2, -0.15) is 0 Å². The van der Waals surface area contributed by atoms with Crippen LogP contribution in [0.25, 0.3) is 0 Å². The highest BCUT2D eigenvalue weighted by Gasteiger charge is 2.30. The number of hydrogen-bond donors (Lipinski definition) is 1. The van der Waals surface area contributed by atoms with Crippen LogP contribution in [0.1, 0.15) is 31.2 Å². The third-order valence-electron chi connectivity index (χ3n) is 2.98. The van der Waals surface area contributed by atoms with Gasteiger partial charge in [-0.1, -0.05) is 25.1 Å². The number of carboxylic acids is 1. The van der Waals surface area contributed by atoms with Crippen molar-refractivity contribution in [3.63, 3.8) is 0 Å². The lowest BCUT2D eigenvalue weighted by Gasteiger charge is -2.28. The molecule has 1 aliphatic rings. The molecule has 0 aliphatic carbocycles. The summed E-state index contributed by atoms with van der Waals surface area (Å²) in [5, 5.41) is 8.91. The van der Waals surface area contributed by atoms with Crippen LogP contribution in [0.3, 0.4) is 0 Å². The van der Waals surface area contributed by atoms with Crippen molar-refractivity contribution in [3.05, 3.63) is 29.8 Å². The molecular formula is C12H14O3S. The number of aliphatic carboxylic acids is 1. The predicted molar refractivity (Wildman–Crippen MR) is 61.9 cm³/mol. The maximum absolute atomic E-state index is 12.0. The standard InChI is InChI=1S/C12H14O3S/c1-8-6-9(7-12(13)14)10-4-2-3-5-11(10)16(8)15/h2-5,8-9H,6-7H2,1H3,(H,13,14).